The number of hydrogen-bond donors (Lipinski definition) is 1. The van der Waals surface area contributed by atoms with Crippen LogP contribution in [0.5, 0.6) is 0 Å². The number of likely N-dealkylation sites (N-methyl/N-ethyl adjacent to an activating group) is 1. The van der Waals surface area contributed by atoms with Crippen molar-refractivity contribution in [1.82, 2.24) is 4.90 Å². The molecule has 94 valence electrons. The molecular weight excluding hydrogens is 200 g/mol. The van der Waals surface area contributed by atoms with Gasteiger partial charge in [0.2, 0.25) is 5.91 Å². The minimum absolute atomic E-state index is 0.0978. The monoisotopic (exact) mass is 226 g/mol. The SMILES string of the molecule is CC(C)N(C)C(=O)C(N)CC1CCCCC1. The smallest absolute Gasteiger partial charge is 0.239 e. The second-order valence-electron chi connectivity index (χ2n) is 5.39. The molecular formula is C13H26N2O. The van der Waals surface area contributed by atoms with Gasteiger partial charge in [0, 0.05) is 13.1 Å². The molecule has 0 aromatic carbocycles. The lowest BCUT2D eigenvalue weighted by molar-refractivity contribution is -0.133. The molecule has 0 radical (unpaired) electrons. The Hall–Kier alpha value is -0.570. The lowest BCUT2D eigenvalue weighted by atomic mass is 9.85. The maximum absolute atomic E-state index is 12.0. The first-order chi connectivity index (χ1) is 7.52. The highest BCUT2D eigenvalue weighted by Crippen LogP contribution is 2.27. The van der Waals surface area contributed by atoms with E-state index in [0.29, 0.717) is 5.92 Å². The minimum atomic E-state index is -0.296. The van der Waals surface area contributed by atoms with E-state index in [1.807, 2.05) is 20.9 Å². The van der Waals surface area contributed by atoms with Crippen LogP contribution in [0, 0.1) is 5.92 Å². The van der Waals surface area contributed by atoms with Gasteiger partial charge >= 0.3 is 0 Å². The van der Waals surface area contributed by atoms with Crippen LogP contribution in [0.15, 0.2) is 0 Å². The number of nitrogens with zero attached hydrogens (tertiary/aromatic N) is 1. The van der Waals surface area contributed by atoms with Gasteiger partial charge in [-0.05, 0) is 26.2 Å². The van der Waals surface area contributed by atoms with Crippen molar-refractivity contribution in [3.8, 4) is 0 Å². The van der Waals surface area contributed by atoms with E-state index in [4.69, 9.17) is 5.73 Å². The van der Waals surface area contributed by atoms with Gasteiger partial charge in [0.25, 0.3) is 0 Å². The van der Waals surface area contributed by atoms with E-state index in [1.54, 1.807) is 4.90 Å². The molecule has 0 aliphatic heterocycles. The molecule has 1 fully saturated rings. The van der Waals surface area contributed by atoms with Crippen molar-refractivity contribution in [3.05, 3.63) is 0 Å². The average Bonchev–Trinajstić information content (AvgIpc) is 2.28. The summed E-state index contributed by atoms with van der Waals surface area (Å²) in [4.78, 5) is 13.7. The topological polar surface area (TPSA) is 46.3 Å². The molecule has 3 nitrogen and oxygen atoms in total. The Balaban J connectivity index is 2.38. The Labute approximate surface area is 99.4 Å². The van der Waals surface area contributed by atoms with E-state index in [1.165, 1.54) is 32.1 Å². The third-order valence-corrected chi connectivity index (χ3v) is 3.75. The molecule has 3 heteroatoms. The third-order valence-electron chi connectivity index (χ3n) is 3.75. The fourth-order valence-corrected chi connectivity index (χ4v) is 2.40. The standard InChI is InChI=1S/C13H26N2O/c1-10(2)15(3)13(16)12(14)9-11-7-5-4-6-8-11/h10-12H,4-9,14H2,1-3H3. The molecule has 0 bridgehead atoms. The highest BCUT2D eigenvalue weighted by Gasteiger charge is 2.24. The summed E-state index contributed by atoms with van der Waals surface area (Å²) in [6.45, 7) is 4.04. The van der Waals surface area contributed by atoms with Gasteiger partial charge in [-0.1, -0.05) is 32.1 Å². The lowest BCUT2D eigenvalue weighted by Crippen LogP contribution is -2.45. The summed E-state index contributed by atoms with van der Waals surface area (Å²) < 4.78 is 0. The second kappa shape index (κ2) is 6.24. The van der Waals surface area contributed by atoms with Gasteiger partial charge in [-0.15, -0.1) is 0 Å². The minimum Gasteiger partial charge on any atom is -0.342 e. The average molecular weight is 226 g/mol. The van der Waals surface area contributed by atoms with Crippen LogP contribution < -0.4 is 5.73 Å². The lowest BCUT2D eigenvalue weighted by Gasteiger charge is -2.28. The van der Waals surface area contributed by atoms with Crippen molar-refractivity contribution in [2.24, 2.45) is 11.7 Å². The molecule has 0 aromatic heterocycles. The molecule has 2 N–H and O–H groups in total. The van der Waals surface area contributed by atoms with Gasteiger partial charge in [-0.3, -0.25) is 4.79 Å². The Bertz CT molecular complexity index is 222. The zero-order valence-corrected chi connectivity index (χ0v) is 10.9. The first kappa shape index (κ1) is 13.5. The molecule has 1 atom stereocenters. The molecule has 0 heterocycles. The fraction of sp³-hybridized carbons (Fsp3) is 0.923. The van der Waals surface area contributed by atoms with E-state index >= 15 is 0 Å². The van der Waals surface area contributed by atoms with Crippen LogP contribution in [0.4, 0.5) is 0 Å². The van der Waals surface area contributed by atoms with Gasteiger partial charge in [0.1, 0.15) is 0 Å². The van der Waals surface area contributed by atoms with E-state index in [9.17, 15) is 4.79 Å². The van der Waals surface area contributed by atoms with E-state index in [0.717, 1.165) is 6.42 Å². The van der Waals surface area contributed by atoms with E-state index in [2.05, 4.69) is 0 Å². The van der Waals surface area contributed by atoms with Crippen molar-refractivity contribution < 1.29 is 4.79 Å². The Morgan fingerprint density at radius 1 is 1.31 bits per heavy atom. The second-order valence-corrected chi connectivity index (χ2v) is 5.39. The van der Waals surface area contributed by atoms with Crippen LogP contribution in [0.25, 0.3) is 0 Å². The maximum atomic E-state index is 12.0. The summed E-state index contributed by atoms with van der Waals surface area (Å²) >= 11 is 0. The molecule has 1 aliphatic carbocycles. The van der Waals surface area contributed by atoms with Crippen molar-refractivity contribution in [2.45, 2.75) is 64.5 Å². The molecule has 0 saturated heterocycles. The van der Waals surface area contributed by atoms with Crippen LogP contribution in [0.1, 0.15) is 52.4 Å². The Morgan fingerprint density at radius 3 is 2.38 bits per heavy atom. The third kappa shape index (κ3) is 3.78. The zero-order valence-electron chi connectivity index (χ0n) is 10.9. The summed E-state index contributed by atoms with van der Waals surface area (Å²) in [6.07, 6.45) is 7.36. The molecule has 1 amide bonds. The van der Waals surface area contributed by atoms with Crippen molar-refractivity contribution >= 4 is 5.91 Å². The summed E-state index contributed by atoms with van der Waals surface area (Å²) in [7, 11) is 1.84. The van der Waals surface area contributed by atoms with Crippen LogP contribution in [0.3, 0.4) is 0 Å². The van der Waals surface area contributed by atoms with Crippen LogP contribution in [-0.4, -0.2) is 29.9 Å². The van der Waals surface area contributed by atoms with Gasteiger partial charge in [0.15, 0.2) is 0 Å². The van der Waals surface area contributed by atoms with Crippen molar-refractivity contribution in [3.63, 3.8) is 0 Å². The molecule has 1 unspecified atom stereocenters. The highest BCUT2D eigenvalue weighted by atomic mass is 16.2. The number of carbonyl (C=O) groups excluding carboxylic acids is 1. The fourth-order valence-electron chi connectivity index (χ4n) is 2.40. The summed E-state index contributed by atoms with van der Waals surface area (Å²) in [6, 6.07) is -0.0552. The molecule has 16 heavy (non-hydrogen) atoms. The van der Waals surface area contributed by atoms with E-state index < -0.39 is 0 Å². The van der Waals surface area contributed by atoms with Crippen LogP contribution >= 0.6 is 0 Å². The normalized spacial score (nSPS) is 19.8. The predicted octanol–water partition coefficient (Wildman–Crippen LogP) is 2.15. The molecule has 0 aromatic rings. The van der Waals surface area contributed by atoms with Crippen LogP contribution in [-0.2, 0) is 4.79 Å². The highest BCUT2D eigenvalue weighted by molar-refractivity contribution is 5.81. The summed E-state index contributed by atoms with van der Waals surface area (Å²) in [5.74, 6) is 0.772. The quantitative estimate of drug-likeness (QED) is 0.798. The van der Waals surface area contributed by atoms with Gasteiger partial charge in [-0.25, -0.2) is 0 Å². The van der Waals surface area contributed by atoms with Crippen molar-refractivity contribution in [2.75, 3.05) is 7.05 Å². The number of nitrogens with two attached hydrogens (primary N) is 1. The zero-order chi connectivity index (χ0) is 12.1. The summed E-state index contributed by atoms with van der Waals surface area (Å²) in [5, 5.41) is 0. The van der Waals surface area contributed by atoms with Crippen LogP contribution in [0.2, 0.25) is 0 Å². The molecule has 0 spiro atoms. The Kier molecular flexibility index (Phi) is 5.26. The summed E-state index contributed by atoms with van der Waals surface area (Å²) in [5.41, 5.74) is 6.00. The van der Waals surface area contributed by atoms with Gasteiger partial charge in [0.05, 0.1) is 6.04 Å². The van der Waals surface area contributed by atoms with Crippen molar-refractivity contribution in [1.29, 1.82) is 0 Å². The number of rotatable bonds is 4. The maximum Gasteiger partial charge on any atom is 0.239 e. The van der Waals surface area contributed by atoms with E-state index in [-0.39, 0.29) is 18.0 Å². The number of amides is 1. The van der Waals surface area contributed by atoms with Gasteiger partial charge in [-0.2, -0.15) is 0 Å². The molecule has 1 rings (SSSR count). The molecule has 1 saturated carbocycles. The largest absolute Gasteiger partial charge is 0.342 e. The van der Waals surface area contributed by atoms with Gasteiger partial charge < -0.3 is 10.6 Å². The predicted molar refractivity (Wildman–Crippen MR) is 67.1 cm³/mol. The first-order valence-corrected chi connectivity index (χ1v) is 6.54. The molecule has 1 aliphatic rings. The first-order valence-electron chi connectivity index (χ1n) is 6.54. The Morgan fingerprint density at radius 2 is 1.88 bits per heavy atom. The number of hydrogen-bond acceptors (Lipinski definition) is 2. The number of carbonyl (C=O) groups is 1.